The third kappa shape index (κ3) is 6.18. The van der Waals surface area contributed by atoms with E-state index in [0.29, 0.717) is 0 Å². The second kappa shape index (κ2) is 2.48. The van der Waals surface area contributed by atoms with Crippen molar-refractivity contribution in [3.8, 4) is 0 Å². The summed E-state index contributed by atoms with van der Waals surface area (Å²) in [7, 11) is -3.95. The number of hydrazine groups is 1. The zero-order valence-corrected chi connectivity index (χ0v) is 4.79. The smallest absolute Gasteiger partial charge is 0.276 e. The zero-order chi connectivity index (χ0) is 5.91. The van der Waals surface area contributed by atoms with Crippen LogP contribution in [0.1, 0.15) is 0 Å². The SMILES string of the molecule is NNSS(=O)(=O)O. The van der Waals surface area contributed by atoms with Gasteiger partial charge in [-0.1, -0.05) is 0 Å². The molecule has 0 aromatic rings. The monoisotopic (exact) mass is 144 g/mol. The first-order valence-corrected chi connectivity index (χ1v) is 3.95. The average molecular weight is 144 g/mol. The van der Waals surface area contributed by atoms with Crippen molar-refractivity contribution in [3.63, 3.8) is 0 Å². The molecule has 0 heterocycles. The standard InChI is InChI=1S/H4N2O3S2/c1-2-6-7(3,4)5/h2H,1H2,(H,3,4,5). The van der Waals surface area contributed by atoms with Gasteiger partial charge in [0.25, 0.3) is 0 Å². The van der Waals surface area contributed by atoms with Crippen molar-refractivity contribution in [2.45, 2.75) is 0 Å². The number of rotatable bonds is 2. The number of hydrogen-bond donors (Lipinski definition) is 3. The van der Waals surface area contributed by atoms with Crippen molar-refractivity contribution in [1.29, 1.82) is 0 Å². The molecule has 0 saturated carbocycles. The summed E-state index contributed by atoms with van der Waals surface area (Å²) in [5, 5.41) is 0. The minimum atomic E-state index is -3.99. The molecule has 7 heavy (non-hydrogen) atoms. The Morgan fingerprint density at radius 3 is 2.14 bits per heavy atom. The van der Waals surface area contributed by atoms with Crippen molar-refractivity contribution in [3.05, 3.63) is 0 Å². The normalized spacial score (nSPS) is 11.7. The summed E-state index contributed by atoms with van der Waals surface area (Å²) in [6.45, 7) is 0. The van der Waals surface area contributed by atoms with Gasteiger partial charge < -0.3 is 0 Å². The fourth-order valence-corrected chi connectivity index (χ4v) is 0.547. The lowest BCUT2D eigenvalue weighted by atomic mass is 13.0. The fraction of sp³-hybridized carbons (Fsp3) is 0. The van der Waals surface area contributed by atoms with Crippen LogP contribution >= 0.6 is 11.0 Å². The second-order valence-electron chi connectivity index (χ2n) is 0.629. The lowest BCUT2D eigenvalue weighted by molar-refractivity contribution is 0.502. The van der Waals surface area contributed by atoms with Crippen LogP contribution in [0.3, 0.4) is 0 Å². The van der Waals surface area contributed by atoms with Crippen molar-refractivity contribution in [2.75, 3.05) is 0 Å². The highest BCUT2D eigenvalue weighted by Gasteiger charge is 1.99. The second-order valence-corrected chi connectivity index (χ2v) is 3.65. The van der Waals surface area contributed by atoms with E-state index in [-0.39, 0.29) is 11.0 Å². The van der Waals surface area contributed by atoms with Gasteiger partial charge in [-0.15, -0.1) is 0 Å². The average Bonchev–Trinajstić information content (AvgIpc) is 1.30. The number of hydrogen-bond acceptors (Lipinski definition) is 5. The Bertz CT molecular complexity index is 124. The molecular weight excluding hydrogens is 140 g/mol. The first-order valence-electron chi connectivity index (χ1n) is 1.18. The molecular formula is H4N2O3S2. The summed E-state index contributed by atoms with van der Waals surface area (Å²) in [5.74, 6) is 4.49. The van der Waals surface area contributed by atoms with E-state index < -0.39 is 9.15 Å². The minimum Gasteiger partial charge on any atom is -0.276 e. The molecule has 0 unspecified atom stereocenters. The first-order chi connectivity index (χ1) is 3.06. The van der Waals surface area contributed by atoms with Gasteiger partial charge in [0.2, 0.25) is 0 Å². The van der Waals surface area contributed by atoms with Crippen molar-refractivity contribution < 1.29 is 13.0 Å². The van der Waals surface area contributed by atoms with Gasteiger partial charge in [-0.05, 0) is 0 Å². The maximum Gasteiger partial charge on any atom is 0.335 e. The molecule has 0 aromatic carbocycles. The molecule has 0 aromatic heterocycles. The molecule has 5 nitrogen and oxygen atoms in total. The van der Waals surface area contributed by atoms with Crippen molar-refractivity contribution in [2.24, 2.45) is 5.84 Å². The molecule has 0 bridgehead atoms. The van der Waals surface area contributed by atoms with Gasteiger partial charge in [0.1, 0.15) is 0 Å². The Labute approximate surface area is 44.5 Å². The maximum absolute atomic E-state index is 9.61. The molecule has 0 aliphatic heterocycles. The van der Waals surface area contributed by atoms with E-state index in [9.17, 15) is 8.42 Å². The van der Waals surface area contributed by atoms with E-state index >= 15 is 0 Å². The summed E-state index contributed by atoms with van der Waals surface area (Å²) >= 11 is 0. The predicted molar refractivity (Wildman–Crippen MR) is 26.5 cm³/mol. The van der Waals surface area contributed by atoms with Gasteiger partial charge in [0.15, 0.2) is 0 Å². The molecule has 0 amide bonds. The van der Waals surface area contributed by atoms with Crippen LogP contribution < -0.4 is 10.7 Å². The van der Waals surface area contributed by atoms with Crippen LogP contribution in [0.4, 0.5) is 0 Å². The molecule has 0 aliphatic rings. The Hall–Kier alpha value is 0.180. The Morgan fingerprint density at radius 1 is 1.71 bits per heavy atom. The van der Waals surface area contributed by atoms with Crippen LogP contribution in [0.5, 0.6) is 0 Å². The van der Waals surface area contributed by atoms with Gasteiger partial charge in [-0.3, -0.25) is 10.4 Å². The van der Waals surface area contributed by atoms with Gasteiger partial charge in [0.05, 0.1) is 11.0 Å². The highest BCUT2D eigenvalue weighted by molar-refractivity contribution is 8.69. The van der Waals surface area contributed by atoms with Crippen LogP contribution in [0.15, 0.2) is 0 Å². The molecule has 0 fully saturated rings. The molecule has 44 valence electrons. The molecule has 0 radical (unpaired) electrons. The molecule has 0 atom stereocenters. The Kier molecular flexibility index (Phi) is 2.54. The number of nitrogens with one attached hydrogen (secondary N) is 1. The minimum absolute atomic E-state index is 0.0440. The highest BCUT2D eigenvalue weighted by atomic mass is 33.2. The Morgan fingerprint density at radius 2 is 2.14 bits per heavy atom. The summed E-state index contributed by atoms with van der Waals surface area (Å²) in [6, 6.07) is 0. The van der Waals surface area contributed by atoms with Crippen LogP contribution in [-0.4, -0.2) is 13.0 Å². The summed E-state index contributed by atoms with van der Waals surface area (Å²) < 4.78 is 27.0. The van der Waals surface area contributed by atoms with E-state index in [1.54, 1.807) is 4.83 Å². The lowest BCUT2D eigenvalue weighted by Crippen LogP contribution is -2.14. The highest BCUT2D eigenvalue weighted by Crippen LogP contribution is 1.98. The van der Waals surface area contributed by atoms with Crippen LogP contribution in [0, 0.1) is 0 Å². The predicted octanol–water partition coefficient (Wildman–Crippen LogP) is -1.10. The Balaban J connectivity index is 3.60. The third-order valence-corrected chi connectivity index (χ3v) is 1.38. The summed E-state index contributed by atoms with van der Waals surface area (Å²) in [6.07, 6.45) is 0. The van der Waals surface area contributed by atoms with E-state index in [1.165, 1.54) is 0 Å². The quantitative estimate of drug-likeness (QED) is 0.150. The molecule has 7 heteroatoms. The van der Waals surface area contributed by atoms with Crippen LogP contribution in [0.25, 0.3) is 0 Å². The molecule has 0 rings (SSSR count). The van der Waals surface area contributed by atoms with Gasteiger partial charge >= 0.3 is 9.15 Å². The van der Waals surface area contributed by atoms with E-state index in [1.807, 2.05) is 0 Å². The lowest BCUT2D eigenvalue weighted by Gasteiger charge is -1.87. The third-order valence-electron chi connectivity index (χ3n) is 0.153. The summed E-state index contributed by atoms with van der Waals surface area (Å²) in [5.41, 5.74) is 0. The largest absolute Gasteiger partial charge is 0.335 e. The topological polar surface area (TPSA) is 92.4 Å². The van der Waals surface area contributed by atoms with E-state index in [0.717, 1.165) is 0 Å². The zero-order valence-electron chi connectivity index (χ0n) is 3.16. The van der Waals surface area contributed by atoms with Crippen LogP contribution in [0.2, 0.25) is 0 Å². The molecule has 4 N–H and O–H groups in total. The molecule has 0 saturated heterocycles. The molecule has 0 aliphatic carbocycles. The number of nitrogens with two attached hydrogens (primary N) is 1. The maximum atomic E-state index is 9.61. The van der Waals surface area contributed by atoms with Gasteiger partial charge in [-0.2, -0.15) is 13.2 Å². The van der Waals surface area contributed by atoms with Crippen LogP contribution in [-0.2, 0) is 9.15 Å². The van der Waals surface area contributed by atoms with E-state index in [2.05, 4.69) is 5.84 Å². The summed E-state index contributed by atoms with van der Waals surface area (Å²) in [4.78, 5) is 1.69. The first kappa shape index (κ1) is 7.18. The van der Waals surface area contributed by atoms with Gasteiger partial charge in [-0.25, -0.2) is 0 Å². The molecule has 0 spiro atoms. The van der Waals surface area contributed by atoms with Crippen molar-refractivity contribution >= 4 is 20.1 Å². The van der Waals surface area contributed by atoms with E-state index in [4.69, 9.17) is 4.55 Å². The van der Waals surface area contributed by atoms with Gasteiger partial charge in [0, 0.05) is 0 Å². The fourth-order valence-electron chi connectivity index (χ4n) is 0.0608. The van der Waals surface area contributed by atoms with Crippen molar-refractivity contribution in [1.82, 2.24) is 4.83 Å².